The largest absolute Gasteiger partial charge is 0.462 e. The average molecular weight is 406 g/mol. The van der Waals surface area contributed by atoms with Gasteiger partial charge < -0.3 is 15.4 Å². The summed E-state index contributed by atoms with van der Waals surface area (Å²) in [5.41, 5.74) is 0.00997. The summed E-state index contributed by atoms with van der Waals surface area (Å²) >= 11 is 6.10. The molecule has 9 nitrogen and oxygen atoms in total. The van der Waals surface area contributed by atoms with Crippen LogP contribution in [-0.2, 0) is 9.53 Å². The molecular weight excluding hydrogens is 390 g/mol. The predicted octanol–water partition coefficient (Wildman–Crippen LogP) is 3.64. The number of nitrogens with zero attached hydrogens (tertiary/aromatic N) is 1. The predicted molar refractivity (Wildman–Crippen MR) is 103 cm³/mol. The molecular formula is C18H16ClN3O6. The molecule has 2 N–H and O–H groups in total. The monoisotopic (exact) mass is 405 g/mol. The molecule has 0 unspecified atom stereocenters. The number of hydrogen-bond acceptors (Lipinski definition) is 6. The van der Waals surface area contributed by atoms with Gasteiger partial charge in [-0.25, -0.2) is 4.79 Å². The van der Waals surface area contributed by atoms with E-state index in [2.05, 4.69) is 10.6 Å². The molecule has 0 fully saturated rings. The van der Waals surface area contributed by atoms with E-state index < -0.39 is 22.5 Å². The van der Waals surface area contributed by atoms with Gasteiger partial charge in [0.05, 0.1) is 27.8 Å². The zero-order valence-corrected chi connectivity index (χ0v) is 15.7. The number of anilines is 2. The minimum absolute atomic E-state index is 0.0826. The summed E-state index contributed by atoms with van der Waals surface area (Å²) in [6, 6.07) is 7.70. The van der Waals surface area contributed by atoms with Crippen molar-refractivity contribution >= 4 is 46.4 Å². The molecule has 0 spiro atoms. The Morgan fingerprint density at radius 3 is 2.36 bits per heavy atom. The lowest BCUT2D eigenvalue weighted by molar-refractivity contribution is -0.384. The molecule has 0 bridgehead atoms. The number of esters is 1. The molecule has 0 saturated carbocycles. The van der Waals surface area contributed by atoms with Gasteiger partial charge in [0.2, 0.25) is 5.91 Å². The first-order chi connectivity index (χ1) is 13.2. The number of non-ortho nitro benzene ring substituents is 1. The number of halogens is 1. The van der Waals surface area contributed by atoms with Crippen molar-refractivity contribution in [3.05, 3.63) is 62.7 Å². The van der Waals surface area contributed by atoms with E-state index in [-0.39, 0.29) is 34.4 Å². The second-order valence-corrected chi connectivity index (χ2v) is 5.98. The van der Waals surface area contributed by atoms with Crippen LogP contribution in [0.15, 0.2) is 36.4 Å². The van der Waals surface area contributed by atoms with Crippen molar-refractivity contribution in [2.45, 2.75) is 13.8 Å². The topological polar surface area (TPSA) is 128 Å². The van der Waals surface area contributed by atoms with Crippen LogP contribution < -0.4 is 10.6 Å². The Kier molecular flexibility index (Phi) is 6.67. The van der Waals surface area contributed by atoms with Crippen molar-refractivity contribution in [2.24, 2.45) is 0 Å². The van der Waals surface area contributed by atoms with Crippen LogP contribution in [0.5, 0.6) is 0 Å². The van der Waals surface area contributed by atoms with Gasteiger partial charge in [0.25, 0.3) is 11.6 Å². The van der Waals surface area contributed by atoms with Gasteiger partial charge in [-0.15, -0.1) is 0 Å². The van der Waals surface area contributed by atoms with Crippen LogP contribution in [0.1, 0.15) is 34.6 Å². The van der Waals surface area contributed by atoms with Gasteiger partial charge in [-0.1, -0.05) is 11.6 Å². The number of nitro groups is 1. The first-order valence-corrected chi connectivity index (χ1v) is 8.44. The first-order valence-electron chi connectivity index (χ1n) is 8.06. The van der Waals surface area contributed by atoms with Crippen molar-refractivity contribution < 1.29 is 24.0 Å². The van der Waals surface area contributed by atoms with Crippen LogP contribution in [0.2, 0.25) is 5.02 Å². The van der Waals surface area contributed by atoms with Crippen LogP contribution in [0.4, 0.5) is 17.1 Å². The van der Waals surface area contributed by atoms with Crippen molar-refractivity contribution in [1.29, 1.82) is 0 Å². The van der Waals surface area contributed by atoms with Gasteiger partial charge in [-0.2, -0.15) is 0 Å². The summed E-state index contributed by atoms with van der Waals surface area (Å²) in [6.45, 7) is 3.02. The van der Waals surface area contributed by atoms with Crippen molar-refractivity contribution in [2.75, 3.05) is 17.2 Å². The highest BCUT2D eigenvalue weighted by Crippen LogP contribution is 2.27. The summed E-state index contributed by atoms with van der Waals surface area (Å²) in [6.07, 6.45) is 0. The minimum Gasteiger partial charge on any atom is -0.462 e. The summed E-state index contributed by atoms with van der Waals surface area (Å²) in [4.78, 5) is 45.9. The molecule has 28 heavy (non-hydrogen) atoms. The third-order valence-electron chi connectivity index (χ3n) is 3.44. The normalized spacial score (nSPS) is 10.1. The fourth-order valence-electron chi connectivity index (χ4n) is 2.27. The van der Waals surface area contributed by atoms with E-state index in [0.29, 0.717) is 5.69 Å². The lowest BCUT2D eigenvalue weighted by Crippen LogP contribution is -2.15. The van der Waals surface area contributed by atoms with E-state index >= 15 is 0 Å². The maximum atomic E-state index is 12.5. The van der Waals surface area contributed by atoms with E-state index in [1.54, 1.807) is 6.92 Å². The van der Waals surface area contributed by atoms with Gasteiger partial charge >= 0.3 is 5.97 Å². The summed E-state index contributed by atoms with van der Waals surface area (Å²) in [5, 5.41) is 16.3. The van der Waals surface area contributed by atoms with Crippen molar-refractivity contribution in [1.82, 2.24) is 0 Å². The zero-order chi connectivity index (χ0) is 20.8. The zero-order valence-electron chi connectivity index (χ0n) is 14.9. The molecule has 2 amide bonds. The fourth-order valence-corrected chi connectivity index (χ4v) is 2.50. The SMILES string of the molecule is CCOC(=O)c1cc(C(=O)Nc2ccc(NC(C)=O)cc2Cl)cc([N+](=O)[O-])c1. The highest BCUT2D eigenvalue weighted by Gasteiger charge is 2.19. The highest BCUT2D eigenvalue weighted by molar-refractivity contribution is 6.34. The Bertz CT molecular complexity index is 960. The number of carbonyl (C=O) groups excluding carboxylic acids is 3. The highest BCUT2D eigenvalue weighted by atomic mass is 35.5. The fraction of sp³-hybridized carbons (Fsp3) is 0.167. The van der Waals surface area contributed by atoms with E-state index in [4.69, 9.17) is 16.3 Å². The molecule has 2 aromatic rings. The van der Waals surface area contributed by atoms with Gasteiger partial charge in [-0.3, -0.25) is 19.7 Å². The Hall–Kier alpha value is -3.46. The third-order valence-corrected chi connectivity index (χ3v) is 3.75. The summed E-state index contributed by atoms with van der Waals surface area (Å²) in [5.74, 6) is -1.77. The van der Waals surface area contributed by atoms with Crippen LogP contribution in [0, 0.1) is 10.1 Å². The number of rotatable bonds is 6. The molecule has 2 aromatic carbocycles. The van der Waals surface area contributed by atoms with Gasteiger partial charge in [-0.05, 0) is 31.2 Å². The Labute approximate surface area is 164 Å². The first kappa shape index (κ1) is 20.8. The molecule has 0 aromatic heterocycles. The average Bonchev–Trinajstić information content (AvgIpc) is 2.63. The number of nitrogens with one attached hydrogen (secondary N) is 2. The van der Waals surface area contributed by atoms with Crippen LogP contribution >= 0.6 is 11.6 Å². The molecule has 0 aliphatic carbocycles. The number of nitro benzene ring substituents is 1. The summed E-state index contributed by atoms with van der Waals surface area (Å²) in [7, 11) is 0. The summed E-state index contributed by atoms with van der Waals surface area (Å²) < 4.78 is 4.83. The Balaban J connectivity index is 2.31. The Morgan fingerprint density at radius 1 is 1.11 bits per heavy atom. The Morgan fingerprint density at radius 2 is 1.79 bits per heavy atom. The van der Waals surface area contributed by atoms with Crippen LogP contribution in [0.25, 0.3) is 0 Å². The minimum atomic E-state index is -0.780. The number of ether oxygens (including phenoxy) is 1. The van der Waals surface area contributed by atoms with Gasteiger partial charge in [0, 0.05) is 30.3 Å². The van der Waals surface area contributed by atoms with E-state index in [1.165, 1.54) is 31.2 Å². The molecule has 0 saturated heterocycles. The van der Waals surface area contributed by atoms with Crippen molar-refractivity contribution in [3.8, 4) is 0 Å². The molecule has 0 heterocycles. The maximum absolute atomic E-state index is 12.5. The van der Waals surface area contributed by atoms with Crippen LogP contribution in [0.3, 0.4) is 0 Å². The number of carbonyl (C=O) groups is 3. The molecule has 146 valence electrons. The van der Waals surface area contributed by atoms with Crippen LogP contribution in [-0.4, -0.2) is 29.3 Å². The van der Waals surface area contributed by atoms with E-state index in [0.717, 1.165) is 12.1 Å². The van der Waals surface area contributed by atoms with E-state index in [9.17, 15) is 24.5 Å². The van der Waals surface area contributed by atoms with Gasteiger partial charge in [0.15, 0.2) is 0 Å². The molecule has 10 heteroatoms. The smallest absolute Gasteiger partial charge is 0.338 e. The second kappa shape index (κ2) is 8.96. The molecule has 0 aliphatic heterocycles. The lowest BCUT2D eigenvalue weighted by Gasteiger charge is -2.10. The maximum Gasteiger partial charge on any atom is 0.338 e. The standard InChI is InChI=1S/C18H16ClN3O6/c1-3-28-18(25)12-6-11(7-14(8-12)22(26)27)17(24)21-16-5-4-13(9-15(16)19)20-10(2)23/h4-9H,3H2,1-2H3,(H,20,23)(H,21,24). The quantitative estimate of drug-likeness (QED) is 0.429. The second-order valence-electron chi connectivity index (χ2n) is 5.58. The van der Waals surface area contributed by atoms with Crippen molar-refractivity contribution in [3.63, 3.8) is 0 Å². The molecule has 0 atom stereocenters. The molecule has 0 aliphatic rings. The lowest BCUT2D eigenvalue weighted by atomic mass is 10.1. The number of benzene rings is 2. The van der Waals surface area contributed by atoms with Gasteiger partial charge in [0.1, 0.15) is 0 Å². The van der Waals surface area contributed by atoms with E-state index in [1.807, 2.05) is 0 Å². The number of hydrogen-bond donors (Lipinski definition) is 2. The molecule has 0 radical (unpaired) electrons. The molecule has 2 rings (SSSR count). The number of amides is 2. The third kappa shape index (κ3) is 5.27.